The summed E-state index contributed by atoms with van der Waals surface area (Å²) in [4.78, 5) is 11.8. The highest BCUT2D eigenvalue weighted by atomic mass is 32.2. The predicted octanol–water partition coefficient (Wildman–Crippen LogP) is 2.86. The summed E-state index contributed by atoms with van der Waals surface area (Å²) < 4.78 is 34.5. The Bertz CT molecular complexity index is 1110. The number of aromatic nitrogens is 1. The maximum Gasteiger partial charge on any atom is 0.419 e. The number of anilines is 1. The van der Waals surface area contributed by atoms with E-state index in [0.717, 1.165) is 11.1 Å². The number of rotatable bonds is 3. The second-order valence-electron chi connectivity index (χ2n) is 5.92. The number of nitrogens with one attached hydrogen (secondary N) is 1. The van der Waals surface area contributed by atoms with Crippen LogP contribution in [0.4, 0.5) is 5.69 Å². The fourth-order valence-corrected chi connectivity index (χ4v) is 4.14. The molecule has 1 N–H and O–H groups in total. The maximum atomic E-state index is 12.7. The largest absolute Gasteiger partial charge is 0.419 e. The molecule has 1 heterocycles. The minimum absolute atomic E-state index is 0.245. The molecule has 7 heteroatoms. The van der Waals surface area contributed by atoms with E-state index in [1.54, 1.807) is 32.2 Å². The number of hydrogen-bond donors (Lipinski definition) is 1. The average molecular weight is 346 g/mol. The van der Waals surface area contributed by atoms with E-state index < -0.39 is 15.8 Å². The van der Waals surface area contributed by atoms with E-state index in [4.69, 9.17) is 4.42 Å². The second kappa shape index (κ2) is 5.52. The molecule has 0 aliphatic carbocycles. The number of hydrogen-bond acceptors (Lipinski definition) is 4. The summed E-state index contributed by atoms with van der Waals surface area (Å²) in [6, 6.07) is 8.34. The lowest BCUT2D eigenvalue weighted by atomic mass is 10.1. The summed E-state index contributed by atoms with van der Waals surface area (Å²) >= 11 is 0. The minimum atomic E-state index is -3.74. The van der Waals surface area contributed by atoms with Gasteiger partial charge in [-0.05, 0) is 55.7 Å². The summed E-state index contributed by atoms with van der Waals surface area (Å²) in [5, 5.41) is 0. The zero-order valence-corrected chi connectivity index (χ0v) is 14.7. The number of fused-ring (bicyclic) bond motifs is 1. The molecule has 0 atom stereocenters. The first-order valence-corrected chi connectivity index (χ1v) is 8.87. The Hall–Kier alpha value is -2.54. The van der Waals surface area contributed by atoms with Crippen LogP contribution in [0.25, 0.3) is 11.1 Å². The van der Waals surface area contributed by atoms with Crippen molar-refractivity contribution in [1.82, 2.24) is 4.57 Å². The van der Waals surface area contributed by atoms with Crippen LogP contribution < -0.4 is 10.5 Å². The van der Waals surface area contributed by atoms with Gasteiger partial charge in [0.15, 0.2) is 5.58 Å². The van der Waals surface area contributed by atoms with Gasteiger partial charge in [0, 0.05) is 13.1 Å². The number of sulfonamides is 1. The van der Waals surface area contributed by atoms with Gasteiger partial charge in [-0.1, -0.05) is 6.07 Å². The molecule has 0 fully saturated rings. The van der Waals surface area contributed by atoms with Crippen LogP contribution in [0.5, 0.6) is 0 Å². The van der Waals surface area contributed by atoms with E-state index in [0.29, 0.717) is 22.4 Å². The summed E-state index contributed by atoms with van der Waals surface area (Å²) in [5.74, 6) is -0.491. The first-order chi connectivity index (χ1) is 11.2. The fourth-order valence-electron chi connectivity index (χ4n) is 2.69. The van der Waals surface area contributed by atoms with Crippen LogP contribution in [0, 0.1) is 20.8 Å². The van der Waals surface area contributed by atoms with Crippen molar-refractivity contribution in [2.75, 3.05) is 4.72 Å². The standard InChI is InChI=1S/C17H18N2O4S/c1-10-7-11(2)12(3)16(8-10)24(21,22)18-13-5-6-14-15(9-13)23-17(20)19(14)4/h5-9,18H,1-4H3. The van der Waals surface area contributed by atoms with Crippen molar-refractivity contribution in [3.63, 3.8) is 0 Å². The third-order valence-corrected chi connectivity index (χ3v) is 5.61. The molecule has 0 aliphatic heterocycles. The monoisotopic (exact) mass is 346 g/mol. The highest BCUT2D eigenvalue weighted by Gasteiger charge is 2.19. The molecule has 3 aromatic rings. The van der Waals surface area contributed by atoms with Gasteiger partial charge in [-0.3, -0.25) is 9.29 Å². The Morgan fingerprint density at radius 2 is 1.79 bits per heavy atom. The van der Waals surface area contributed by atoms with Crippen LogP contribution in [-0.4, -0.2) is 13.0 Å². The molecule has 6 nitrogen and oxygen atoms in total. The van der Waals surface area contributed by atoms with Crippen molar-refractivity contribution >= 4 is 26.8 Å². The zero-order chi connectivity index (χ0) is 17.6. The van der Waals surface area contributed by atoms with Gasteiger partial charge in [0.25, 0.3) is 10.0 Å². The Morgan fingerprint density at radius 3 is 2.50 bits per heavy atom. The highest BCUT2D eigenvalue weighted by Crippen LogP contribution is 2.25. The summed E-state index contributed by atoms with van der Waals surface area (Å²) in [7, 11) is -2.14. The van der Waals surface area contributed by atoms with Crippen LogP contribution in [0.15, 0.2) is 44.4 Å². The number of nitrogens with zero attached hydrogens (tertiary/aromatic N) is 1. The SMILES string of the molecule is Cc1cc(C)c(C)c(S(=O)(=O)Nc2ccc3c(c2)oc(=O)n3C)c1. The van der Waals surface area contributed by atoms with Crippen LogP contribution in [0.3, 0.4) is 0 Å². The molecule has 0 saturated heterocycles. The van der Waals surface area contributed by atoms with Crippen LogP contribution in [-0.2, 0) is 17.1 Å². The van der Waals surface area contributed by atoms with Gasteiger partial charge >= 0.3 is 5.76 Å². The third kappa shape index (κ3) is 2.71. The molecular formula is C17H18N2O4S. The molecule has 1 aromatic heterocycles. The van der Waals surface area contributed by atoms with Crippen molar-refractivity contribution in [2.45, 2.75) is 25.7 Å². The molecule has 0 amide bonds. The van der Waals surface area contributed by atoms with Crippen molar-refractivity contribution in [3.8, 4) is 0 Å². The Kier molecular flexibility index (Phi) is 3.76. The van der Waals surface area contributed by atoms with E-state index in [-0.39, 0.29) is 4.90 Å². The van der Waals surface area contributed by atoms with Gasteiger partial charge < -0.3 is 4.42 Å². The molecule has 2 aromatic carbocycles. The van der Waals surface area contributed by atoms with Gasteiger partial charge in [-0.2, -0.15) is 0 Å². The van der Waals surface area contributed by atoms with Gasteiger partial charge in [-0.25, -0.2) is 13.2 Å². The average Bonchev–Trinajstić information content (AvgIpc) is 2.77. The molecule has 0 aliphatic rings. The van der Waals surface area contributed by atoms with Gasteiger partial charge in [0.2, 0.25) is 0 Å². The highest BCUT2D eigenvalue weighted by molar-refractivity contribution is 7.92. The Balaban J connectivity index is 2.05. The van der Waals surface area contributed by atoms with E-state index in [1.165, 1.54) is 10.6 Å². The Labute approximate surface area is 139 Å². The third-order valence-electron chi connectivity index (χ3n) is 4.10. The smallest absolute Gasteiger partial charge is 0.408 e. The van der Waals surface area contributed by atoms with Crippen molar-refractivity contribution in [1.29, 1.82) is 0 Å². The van der Waals surface area contributed by atoms with Gasteiger partial charge in [0.05, 0.1) is 16.1 Å². The molecule has 24 heavy (non-hydrogen) atoms. The fraction of sp³-hybridized carbons (Fsp3) is 0.235. The molecule has 0 unspecified atom stereocenters. The molecule has 0 radical (unpaired) electrons. The van der Waals surface area contributed by atoms with E-state index in [2.05, 4.69) is 4.72 Å². The van der Waals surface area contributed by atoms with Crippen molar-refractivity contribution < 1.29 is 12.8 Å². The van der Waals surface area contributed by atoms with Gasteiger partial charge in [0.1, 0.15) is 0 Å². The maximum absolute atomic E-state index is 12.7. The van der Waals surface area contributed by atoms with Crippen LogP contribution in [0.1, 0.15) is 16.7 Å². The summed E-state index contributed by atoms with van der Waals surface area (Å²) in [6.07, 6.45) is 0. The molecule has 0 bridgehead atoms. The van der Waals surface area contributed by atoms with Crippen LogP contribution in [0.2, 0.25) is 0 Å². The lowest BCUT2D eigenvalue weighted by Crippen LogP contribution is -2.15. The molecular weight excluding hydrogens is 328 g/mol. The van der Waals surface area contributed by atoms with E-state index in [1.807, 2.05) is 19.9 Å². The topological polar surface area (TPSA) is 81.3 Å². The lowest BCUT2D eigenvalue weighted by molar-refractivity contribution is 0.528. The Morgan fingerprint density at radius 1 is 1.08 bits per heavy atom. The van der Waals surface area contributed by atoms with Gasteiger partial charge in [-0.15, -0.1) is 0 Å². The molecule has 126 valence electrons. The minimum Gasteiger partial charge on any atom is -0.408 e. The number of benzene rings is 2. The lowest BCUT2D eigenvalue weighted by Gasteiger charge is -2.13. The quantitative estimate of drug-likeness (QED) is 0.791. The van der Waals surface area contributed by atoms with E-state index in [9.17, 15) is 13.2 Å². The first kappa shape index (κ1) is 16.3. The molecule has 0 spiro atoms. The van der Waals surface area contributed by atoms with Crippen molar-refractivity contribution in [2.24, 2.45) is 7.05 Å². The second-order valence-corrected chi connectivity index (χ2v) is 7.57. The summed E-state index contributed by atoms with van der Waals surface area (Å²) in [5.41, 5.74) is 3.78. The molecule has 0 saturated carbocycles. The number of oxazole rings is 1. The van der Waals surface area contributed by atoms with E-state index >= 15 is 0 Å². The molecule has 3 rings (SSSR count). The normalized spacial score (nSPS) is 11.8. The van der Waals surface area contributed by atoms with Crippen molar-refractivity contribution in [3.05, 3.63) is 57.6 Å². The predicted molar refractivity (Wildman–Crippen MR) is 92.9 cm³/mol. The number of aryl methyl sites for hydroxylation is 3. The van der Waals surface area contributed by atoms with Crippen LogP contribution >= 0.6 is 0 Å². The first-order valence-electron chi connectivity index (χ1n) is 7.39. The summed E-state index contributed by atoms with van der Waals surface area (Å²) in [6.45, 7) is 5.52. The zero-order valence-electron chi connectivity index (χ0n) is 13.9.